The quantitative estimate of drug-likeness (QED) is 0.553. The fourth-order valence-corrected chi connectivity index (χ4v) is 1.91. The van der Waals surface area contributed by atoms with Crippen molar-refractivity contribution in [2.24, 2.45) is 0 Å². The predicted molar refractivity (Wildman–Crippen MR) is 77.0 cm³/mol. The molecule has 0 atom stereocenters. The molecule has 0 aromatic carbocycles. The molecule has 0 aliphatic heterocycles. The van der Waals surface area contributed by atoms with Gasteiger partial charge < -0.3 is 9.47 Å². The monoisotopic (exact) mass is 278 g/mol. The second-order valence-corrected chi connectivity index (χ2v) is 5.23. The van der Waals surface area contributed by atoms with Gasteiger partial charge in [-0.05, 0) is 50.7 Å². The van der Waals surface area contributed by atoms with Gasteiger partial charge in [0, 0.05) is 11.1 Å². The molecule has 0 aromatic heterocycles. The van der Waals surface area contributed by atoms with Crippen molar-refractivity contribution < 1.29 is 19.1 Å². The van der Waals surface area contributed by atoms with Crippen LogP contribution in [0.1, 0.15) is 39.5 Å². The molecule has 0 saturated carbocycles. The highest BCUT2D eigenvalue weighted by Crippen LogP contribution is 2.27. The van der Waals surface area contributed by atoms with Gasteiger partial charge in [0.05, 0.1) is 0 Å². The van der Waals surface area contributed by atoms with E-state index in [9.17, 15) is 9.59 Å². The summed E-state index contributed by atoms with van der Waals surface area (Å²) in [6.45, 7) is 11.3. The van der Waals surface area contributed by atoms with Gasteiger partial charge in [0.15, 0.2) is 0 Å². The van der Waals surface area contributed by atoms with E-state index in [2.05, 4.69) is 13.2 Å². The van der Waals surface area contributed by atoms with Gasteiger partial charge in [-0.15, -0.1) is 0 Å². The van der Waals surface area contributed by atoms with E-state index in [0.717, 1.165) is 24.0 Å². The fourth-order valence-electron chi connectivity index (χ4n) is 1.91. The molecule has 0 heterocycles. The lowest BCUT2D eigenvalue weighted by Gasteiger charge is -2.18. The molecule has 110 valence electrons. The number of hydrogen-bond donors (Lipinski definition) is 0. The van der Waals surface area contributed by atoms with Crippen molar-refractivity contribution in [1.29, 1.82) is 0 Å². The highest BCUT2D eigenvalue weighted by Gasteiger charge is 2.25. The van der Waals surface area contributed by atoms with Gasteiger partial charge in [-0.1, -0.05) is 13.2 Å². The van der Waals surface area contributed by atoms with Crippen LogP contribution in [0.3, 0.4) is 0 Å². The molecule has 0 saturated heterocycles. The molecule has 0 radical (unpaired) electrons. The van der Waals surface area contributed by atoms with E-state index in [1.54, 1.807) is 13.8 Å². The lowest BCUT2D eigenvalue weighted by Crippen LogP contribution is -2.20. The Kier molecular flexibility index (Phi) is 6.22. The smallest absolute Gasteiger partial charge is 0.334 e. The molecule has 0 spiro atoms. The van der Waals surface area contributed by atoms with Crippen molar-refractivity contribution in [3.8, 4) is 0 Å². The summed E-state index contributed by atoms with van der Waals surface area (Å²) in [4.78, 5) is 24.0. The van der Waals surface area contributed by atoms with Gasteiger partial charge in [0.2, 0.25) is 0 Å². The average Bonchev–Trinajstić information content (AvgIpc) is 2.42. The van der Waals surface area contributed by atoms with Crippen molar-refractivity contribution in [2.75, 3.05) is 13.2 Å². The second kappa shape index (κ2) is 7.68. The Bertz CT molecular complexity index is 415. The molecule has 1 aliphatic rings. The third-order valence-corrected chi connectivity index (χ3v) is 2.86. The minimum Gasteiger partial charge on any atom is -0.458 e. The minimum absolute atomic E-state index is 0.177. The molecular formula is C16H22O4. The number of rotatable bonds is 6. The lowest BCUT2D eigenvalue weighted by atomic mass is 9.91. The molecule has 0 fully saturated rings. The van der Waals surface area contributed by atoms with Crippen LogP contribution in [-0.2, 0) is 19.1 Å². The van der Waals surface area contributed by atoms with E-state index in [1.165, 1.54) is 0 Å². The van der Waals surface area contributed by atoms with E-state index in [0.29, 0.717) is 24.0 Å². The first-order valence-electron chi connectivity index (χ1n) is 6.77. The molecule has 4 nitrogen and oxygen atoms in total. The Hall–Kier alpha value is -1.84. The number of carbonyl (C=O) groups excluding carboxylic acids is 2. The van der Waals surface area contributed by atoms with Crippen LogP contribution in [0.5, 0.6) is 0 Å². The zero-order valence-corrected chi connectivity index (χ0v) is 12.3. The summed E-state index contributed by atoms with van der Waals surface area (Å²) >= 11 is 0. The first kappa shape index (κ1) is 16.2. The summed E-state index contributed by atoms with van der Waals surface area (Å²) in [5.74, 6) is -0.870. The number of hydrogen-bond acceptors (Lipinski definition) is 4. The first-order chi connectivity index (χ1) is 9.41. The molecule has 0 unspecified atom stereocenters. The third-order valence-electron chi connectivity index (χ3n) is 2.86. The van der Waals surface area contributed by atoms with Crippen LogP contribution in [-0.4, -0.2) is 25.2 Å². The van der Waals surface area contributed by atoms with E-state index in [1.807, 2.05) is 0 Å². The summed E-state index contributed by atoms with van der Waals surface area (Å²) in [6.07, 6.45) is 2.89. The fraction of sp³-hybridized carbons (Fsp3) is 0.500. The lowest BCUT2D eigenvalue weighted by molar-refractivity contribution is -0.141. The second-order valence-electron chi connectivity index (χ2n) is 5.23. The maximum atomic E-state index is 12.0. The zero-order chi connectivity index (χ0) is 15.1. The maximum Gasteiger partial charge on any atom is 0.334 e. The maximum absolute atomic E-state index is 12.0. The standard InChI is InChI=1S/C16H22O4/c1-11(2)9-19-15(17)13-7-5-6-8-14(13)16(18)20-10-12(3)4/h1,3,5-10H2,2,4H3. The number of ether oxygens (including phenoxy) is 2. The van der Waals surface area contributed by atoms with Gasteiger partial charge in [0.25, 0.3) is 0 Å². The van der Waals surface area contributed by atoms with Gasteiger partial charge in [0.1, 0.15) is 13.2 Å². The van der Waals surface area contributed by atoms with Crippen LogP contribution in [0.25, 0.3) is 0 Å². The summed E-state index contributed by atoms with van der Waals surface area (Å²) in [6, 6.07) is 0. The van der Waals surface area contributed by atoms with Gasteiger partial charge in [-0.3, -0.25) is 0 Å². The zero-order valence-electron chi connectivity index (χ0n) is 12.3. The SMILES string of the molecule is C=C(C)COC(=O)C1=C(C(=O)OCC(=C)C)CCCC1. The Labute approximate surface area is 120 Å². The largest absolute Gasteiger partial charge is 0.458 e. The molecular weight excluding hydrogens is 256 g/mol. The first-order valence-corrected chi connectivity index (χ1v) is 6.77. The molecule has 20 heavy (non-hydrogen) atoms. The molecule has 1 rings (SSSR count). The van der Waals surface area contributed by atoms with Crippen LogP contribution < -0.4 is 0 Å². The molecule has 0 N–H and O–H groups in total. The Morgan fingerprint density at radius 2 is 1.25 bits per heavy atom. The van der Waals surface area contributed by atoms with E-state index >= 15 is 0 Å². The van der Waals surface area contributed by atoms with E-state index in [4.69, 9.17) is 9.47 Å². The van der Waals surface area contributed by atoms with E-state index in [-0.39, 0.29) is 13.2 Å². The summed E-state index contributed by atoms with van der Waals surface area (Å²) in [5.41, 5.74) is 2.43. The Morgan fingerprint density at radius 3 is 1.55 bits per heavy atom. The predicted octanol–water partition coefficient (Wildman–Crippen LogP) is 3.10. The summed E-state index contributed by atoms with van der Waals surface area (Å²) < 4.78 is 10.3. The molecule has 0 aromatic rings. The van der Waals surface area contributed by atoms with Crippen molar-refractivity contribution in [1.82, 2.24) is 0 Å². The van der Waals surface area contributed by atoms with Crippen LogP contribution in [0.2, 0.25) is 0 Å². The van der Waals surface area contributed by atoms with Crippen molar-refractivity contribution >= 4 is 11.9 Å². The van der Waals surface area contributed by atoms with Crippen LogP contribution in [0, 0.1) is 0 Å². The number of carbonyl (C=O) groups is 2. The van der Waals surface area contributed by atoms with Crippen LogP contribution in [0.4, 0.5) is 0 Å². The normalized spacial score (nSPS) is 14.7. The highest BCUT2D eigenvalue weighted by molar-refractivity contribution is 6.00. The molecule has 4 heteroatoms. The molecule has 0 bridgehead atoms. The number of esters is 2. The topological polar surface area (TPSA) is 52.6 Å². The van der Waals surface area contributed by atoms with Gasteiger partial charge >= 0.3 is 11.9 Å². The van der Waals surface area contributed by atoms with Crippen molar-refractivity contribution in [3.63, 3.8) is 0 Å². The van der Waals surface area contributed by atoms with E-state index < -0.39 is 11.9 Å². The molecule has 1 aliphatic carbocycles. The summed E-state index contributed by atoms with van der Waals surface area (Å²) in [5, 5.41) is 0. The van der Waals surface area contributed by atoms with Crippen LogP contribution in [0.15, 0.2) is 35.5 Å². The summed E-state index contributed by atoms with van der Waals surface area (Å²) in [7, 11) is 0. The van der Waals surface area contributed by atoms with Gasteiger partial charge in [-0.2, -0.15) is 0 Å². The Balaban J connectivity index is 2.79. The van der Waals surface area contributed by atoms with Gasteiger partial charge in [-0.25, -0.2) is 9.59 Å². The van der Waals surface area contributed by atoms with Crippen molar-refractivity contribution in [2.45, 2.75) is 39.5 Å². The van der Waals surface area contributed by atoms with Crippen molar-refractivity contribution in [3.05, 3.63) is 35.5 Å². The minimum atomic E-state index is -0.435. The highest BCUT2D eigenvalue weighted by atomic mass is 16.5. The van der Waals surface area contributed by atoms with Crippen LogP contribution >= 0.6 is 0 Å². The molecule has 0 amide bonds. The Morgan fingerprint density at radius 1 is 0.900 bits per heavy atom. The third kappa shape index (κ3) is 5.03. The average molecular weight is 278 g/mol.